The molecule has 124 valence electrons. The van der Waals surface area contributed by atoms with Crippen LogP contribution in [0.2, 0.25) is 0 Å². The lowest BCUT2D eigenvalue weighted by atomic mass is 10.2. The molecular weight excluding hydrogens is 300 g/mol. The van der Waals surface area contributed by atoms with Crippen molar-refractivity contribution in [1.82, 2.24) is 19.6 Å². The molecule has 1 aliphatic heterocycles. The minimum absolute atomic E-state index is 0.136. The van der Waals surface area contributed by atoms with Crippen LogP contribution in [-0.4, -0.2) is 52.9 Å². The van der Waals surface area contributed by atoms with Gasteiger partial charge in [-0.05, 0) is 12.1 Å². The number of ether oxygens (including phenoxy) is 2. The summed E-state index contributed by atoms with van der Waals surface area (Å²) in [5.74, 6) is 1.14. The van der Waals surface area contributed by atoms with E-state index < -0.39 is 0 Å². The van der Waals surface area contributed by atoms with Crippen LogP contribution in [0, 0.1) is 0 Å². The second kappa shape index (κ2) is 6.41. The summed E-state index contributed by atoms with van der Waals surface area (Å²) < 4.78 is 17.3. The van der Waals surface area contributed by atoms with Crippen LogP contribution in [0.25, 0.3) is 0 Å². The van der Waals surface area contributed by atoms with Gasteiger partial charge in [-0.15, -0.1) is 0 Å². The van der Waals surface area contributed by atoms with E-state index >= 15 is 0 Å². The molecule has 0 bridgehead atoms. The van der Waals surface area contributed by atoms with Gasteiger partial charge in [-0.25, -0.2) is 4.98 Å². The Bertz CT molecular complexity index is 693. The molecule has 0 radical (unpaired) electrons. The van der Waals surface area contributed by atoms with E-state index in [1.54, 1.807) is 12.0 Å². The smallest absolute Gasteiger partial charge is 0.293 e. The van der Waals surface area contributed by atoms with Gasteiger partial charge in [-0.3, -0.25) is 4.79 Å². The second-order valence-corrected chi connectivity index (χ2v) is 5.41. The molecule has 23 heavy (non-hydrogen) atoms. The van der Waals surface area contributed by atoms with E-state index in [0.717, 1.165) is 17.9 Å². The maximum absolute atomic E-state index is 12.6. The number of amides is 1. The van der Waals surface area contributed by atoms with Crippen LogP contribution in [0.15, 0.2) is 16.8 Å². The Morgan fingerprint density at radius 1 is 1.43 bits per heavy atom. The first kappa shape index (κ1) is 15.5. The number of imidazole rings is 1. The quantitative estimate of drug-likeness (QED) is 0.825. The maximum Gasteiger partial charge on any atom is 0.293 e. The Balaban J connectivity index is 1.79. The first-order chi connectivity index (χ1) is 11.2. The summed E-state index contributed by atoms with van der Waals surface area (Å²) in [7, 11) is 3.16. The van der Waals surface area contributed by atoms with E-state index in [0.29, 0.717) is 25.6 Å². The first-order valence-electron chi connectivity index (χ1n) is 7.50. The van der Waals surface area contributed by atoms with E-state index in [2.05, 4.69) is 14.7 Å². The first-order valence-corrected chi connectivity index (χ1v) is 7.50. The Kier molecular flexibility index (Phi) is 4.33. The standard InChI is InChI=1S/C15H20N4O4/c1-10-14-16-9-11(4-7-21-2)19(14)6-5-18(10)15(20)12-8-13(22-3)17-23-12/h8-10H,4-7H2,1-3H3/t10-/m0/s1. The molecular formula is C15H20N4O4. The number of carbonyl (C=O) groups excluding carboxylic acids is 1. The zero-order valence-corrected chi connectivity index (χ0v) is 13.5. The largest absolute Gasteiger partial charge is 0.479 e. The van der Waals surface area contributed by atoms with Crippen molar-refractivity contribution < 1.29 is 18.8 Å². The van der Waals surface area contributed by atoms with Gasteiger partial charge in [-0.2, -0.15) is 0 Å². The summed E-state index contributed by atoms with van der Waals surface area (Å²) in [6.07, 6.45) is 2.67. The van der Waals surface area contributed by atoms with Crippen LogP contribution < -0.4 is 4.74 Å². The predicted molar refractivity (Wildman–Crippen MR) is 80.3 cm³/mol. The summed E-state index contributed by atoms with van der Waals surface area (Å²) in [5, 5.41) is 3.68. The molecule has 0 aliphatic carbocycles. The lowest BCUT2D eigenvalue weighted by Gasteiger charge is -2.33. The zero-order valence-electron chi connectivity index (χ0n) is 13.5. The molecule has 1 aliphatic rings. The average molecular weight is 320 g/mol. The lowest BCUT2D eigenvalue weighted by Crippen LogP contribution is -2.41. The predicted octanol–water partition coefficient (Wildman–Crippen LogP) is 1.29. The summed E-state index contributed by atoms with van der Waals surface area (Å²) >= 11 is 0. The van der Waals surface area contributed by atoms with Crippen molar-refractivity contribution >= 4 is 5.91 Å². The zero-order chi connectivity index (χ0) is 16.4. The topological polar surface area (TPSA) is 82.6 Å². The van der Waals surface area contributed by atoms with Gasteiger partial charge in [0.2, 0.25) is 5.76 Å². The van der Waals surface area contributed by atoms with E-state index in [9.17, 15) is 4.79 Å². The third kappa shape index (κ3) is 2.81. The molecule has 0 unspecified atom stereocenters. The monoisotopic (exact) mass is 320 g/mol. The number of hydrogen-bond donors (Lipinski definition) is 0. The van der Waals surface area contributed by atoms with Gasteiger partial charge in [0.05, 0.1) is 25.8 Å². The van der Waals surface area contributed by atoms with Gasteiger partial charge < -0.3 is 23.5 Å². The number of rotatable bonds is 5. The van der Waals surface area contributed by atoms with Crippen molar-refractivity contribution in [2.45, 2.75) is 25.9 Å². The van der Waals surface area contributed by atoms with Crippen LogP contribution in [-0.2, 0) is 17.7 Å². The highest BCUT2D eigenvalue weighted by molar-refractivity contribution is 5.92. The molecule has 8 heteroatoms. The summed E-state index contributed by atoms with van der Waals surface area (Å²) in [6, 6.07) is 1.36. The third-order valence-corrected chi connectivity index (χ3v) is 4.11. The van der Waals surface area contributed by atoms with E-state index in [1.807, 2.05) is 13.1 Å². The molecule has 0 aromatic carbocycles. The minimum atomic E-state index is -0.207. The fourth-order valence-corrected chi connectivity index (χ4v) is 2.84. The molecule has 0 spiro atoms. The Morgan fingerprint density at radius 3 is 2.96 bits per heavy atom. The highest BCUT2D eigenvalue weighted by Crippen LogP contribution is 2.27. The van der Waals surface area contributed by atoms with E-state index in [1.165, 1.54) is 13.2 Å². The molecule has 0 N–H and O–H groups in total. The fourth-order valence-electron chi connectivity index (χ4n) is 2.84. The van der Waals surface area contributed by atoms with Crippen LogP contribution in [0.1, 0.15) is 35.0 Å². The molecule has 0 saturated heterocycles. The van der Waals surface area contributed by atoms with Gasteiger partial charge in [0.25, 0.3) is 11.8 Å². The van der Waals surface area contributed by atoms with Gasteiger partial charge in [0, 0.05) is 38.5 Å². The SMILES string of the molecule is COCCc1cnc2n1CCN(C(=O)c1cc(OC)no1)[C@H]2C. The molecule has 3 rings (SSSR count). The van der Waals surface area contributed by atoms with Gasteiger partial charge in [0.15, 0.2) is 0 Å². The summed E-state index contributed by atoms with van der Waals surface area (Å²) in [6.45, 7) is 3.91. The Morgan fingerprint density at radius 2 is 2.26 bits per heavy atom. The fraction of sp³-hybridized carbons (Fsp3) is 0.533. The van der Waals surface area contributed by atoms with Crippen LogP contribution in [0.4, 0.5) is 0 Å². The van der Waals surface area contributed by atoms with Crippen molar-refractivity contribution in [2.24, 2.45) is 0 Å². The van der Waals surface area contributed by atoms with Gasteiger partial charge >= 0.3 is 0 Å². The van der Waals surface area contributed by atoms with Crippen LogP contribution in [0.5, 0.6) is 5.88 Å². The molecule has 8 nitrogen and oxygen atoms in total. The summed E-state index contributed by atoms with van der Waals surface area (Å²) in [5.41, 5.74) is 1.13. The molecule has 3 heterocycles. The molecule has 2 aromatic heterocycles. The molecule has 0 saturated carbocycles. The van der Waals surface area contributed by atoms with Crippen molar-refractivity contribution in [3.63, 3.8) is 0 Å². The minimum Gasteiger partial charge on any atom is -0.479 e. The summed E-state index contributed by atoms with van der Waals surface area (Å²) in [4.78, 5) is 18.8. The Labute approximate surface area is 134 Å². The highest BCUT2D eigenvalue weighted by Gasteiger charge is 2.32. The number of methoxy groups -OCH3 is 2. The second-order valence-electron chi connectivity index (χ2n) is 5.41. The number of nitrogens with zero attached hydrogens (tertiary/aromatic N) is 4. The van der Waals surface area contributed by atoms with Crippen LogP contribution in [0.3, 0.4) is 0 Å². The number of aromatic nitrogens is 3. The van der Waals surface area contributed by atoms with Crippen LogP contribution >= 0.6 is 0 Å². The van der Waals surface area contributed by atoms with Crippen molar-refractivity contribution in [1.29, 1.82) is 0 Å². The lowest BCUT2D eigenvalue weighted by molar-refractivity contribution is 0.0593. The number of carbonyl (C=O) groups is 1. The van der Waals surface area contributed by atoms with Crippen molar-refractivity contribution in [3.05, 3.63) is 29.5 Å². The maximum atomic E-state index is 12.6. The third-order valence-electron chi connectivity index (χ3n) is 4.11. The highest BCUT2D eigenvalue weighted by atomic mass is 16.5. The van der Waals surface area contributed by atoms with E-state index in [4.69, 9.17) is 14.0 Å². The van der Waals surface area contributed by atoms with Gasteiger partial charge in [-0.1, -0.05) is 0 Å². The normalized spacial score (nSPS) is 17.2. The Hall–Kier alpha value is -2.35. The van der Waals surface area contributed by atoms with Crippen molar-refractivity contribution in [3.8, 4) is 5.88 Å². The van der Waals surface area contributed by atoms with E-state index in [-0.39, 0.29) is 17.7 Å². The van der Waals surface area contributed by atoms with Crippen molar-refractivity contribution in [2.75, 3.05) is 27.4 Å². The van der Waals surface area contributed by atoms with Gasteiger partial charge in [0.1, 0.15) is 5.82 Å². The average Bonchev–Trinajstić information content (AvgIpc) is 3.20. The number of fused-ring (bicyclic) bond motifs is 1. The molecule has 2 aromatic rings. The molecule has 0 fully saturated rings. The molecule has 1 amide bonds. The number of hydrogen-bond acceptors (Lipinski definition) is 6. The molecule has 1 atom stereocenters.